The molecule has 0 spiro atoms. The summed E-state index contributed by atoms with van der Waals surface area (Å²) < 4.78 is 11.3. The first-order chi connectivity index (χ1) is 14.7. The van der Waals surface area contributed by atoms with Gasteiger partial charge in [0.25, 0.3) is 5.56 Å². The molecule has 2 aromatic heterocycles. The van der Waals surface area contributed by atoms with Crippen molar-refractivity contribution in [2.75, 3.05) is 0 Å². The van der Waals surface area contributed by atoms with Crippen LogP contribution in [0.5, 0.6) is 5.75 Å². The van der Waals surface area contributed by atoms with Crippen LogP contribution >= 0.6 is 0 Å². The summed E-state index contributed by atoms with van der Waals surface area (Å²) in [6.45, 7) is 0. The standard InChI is InChI=1S/C24H18N2O4/c27-23(11-5-10-22-25-19-8-3-1-7-17(19)24(28)26-22)29-15-12-13-21-18(14-15)16-6-2-4-9-20(16)30-21/h1-4,6-9,12-14H,5,10-11H2,(H,25,26,28). The van der Waals surface area contributed by atoms with Crippen LogP contribution in [0.4, 0.5) is 0 Å². The smallest absolute Gasteiger partial charge is 0.311 e. The SMILES string of the molecule is O=C(CCCc1nc2ccccc2c(=O)[nH]1)Oc1ccc2oc3ccccc3c2c1. The molecule has 0 atom stereocenters. The quantitative estimate of drug-likeness (QED) is 0.341. The summed E-state index contributed by atoms with van der Waals surface area (Å²) >= 11 is 0. The second-order valence-electron chi connectivity index (χ2n) is 7.11. The van der Waals surface area contributed by atoms with Crippen LogP contribution in [0.15, 0.2) is 75.9 Å². The van der Waals surface area contributed by atoms with E-state index in [1.807, 2.05) is 42.5 Å². The molecule has 5 aromatic rings. The third kappa shape index (κ3) is 3.43. The van der Waals surface area contributed by atoms with Crippen molar-refractivity contribution in [3.63, 3.8) is 0 Å². The van der Waals surface area contributed by atoms with Gasteiger partial charge in [-0.05, 0) is 42.8 Å². The summed E-state index contributed by atoms with van der Waals surface area (Å²) in [7, 11) is 0. The van der Waals surface area contributed by atoms with Crippen molar-refractivity contribution in [3.05, 3.63) is 82.9 Å². The summed E-state index contributed by atoms with van der Waals surface area (Å²) in [5.41, 5.74) is 2.04. The number of benzene rings is 3. The van der Waals surface area contributed by atoms with Gasteiger partial charge in [-0.3, -0.25) is 9.59 Å². The number of fused-ring (bicyclic) bond motifs is 4. The molecule has 0 aliphatic rings. The third-order valence-corrected chi connectivity index (χ3v) is 5.04. The van der Waals surface area contributed by atoms with Gasteiger partial charge in [0.1, 0.15) is 22.7 Å². The number of para-hydroxylation sites is 2. The number of aryl methyl sites for hydroxylation is 1. The summed E-state index contributed by atoms with van der Waals surface area (Å²) in [5, 5.41) is 2.45. The minimum Gasteiger partial charge on any atom is -0.456 e. The topological polar surface area (TPSA) is 85.2 Å². The molecule has 6 heteroatoms. The zero-order valence-corrected chi connectivity index (χ0v) is 16.1. The van der Waals surface area contributed by atoms with Crippen LogP contribution in [0.2, 0.25) is 0 Å². The molecule has 2 heterocycles. The lowest BCUT2D eigenvalue weighted by Gasteiger charge is -2.05. The van der Waals surface area contributed by atoms with Crippen molar-refractivity contribution in [1.29, 1.82) is 0 Å². The zero-order valence-electron chi connectivity index (χ0n) is 16.1. The predicted molar refractivity (Wildman–Crippen MR) is 115 cm³/mol. The first-order valence-electron chi connectivity index (χ1n) is 9.77. The minimum absolute atomic E-state index is 0.168. The van der Waals surface area contributed by atoms with E-state index in [2.05, 4.69) is 9.97 Å². The van der Waals surface area contributed by atoms with Gasteiger partial charge < -0.3 is 14.1 Å². The number of hydrogen-bond donors (Lipinski definition) is 1. The largest absolute Gasteiger partial charge is 0.456 e. The maximum Gasteiger partial charge on any atom is 0.311 e. The van der Waals surface area contributed by atoms with E-state index in [-0.39, 0.29) is 17.9 Å². The van der Waals surface area contributed by atoms with E-state index < -0.39 is 0 Å². The van der Waals surface area contributed by atoms with Gasteiger partial charge in [-0.1, -0.05) is 30.3 Å². The summed E-state index contributed by atoms with van der Waals surface area (Å²) in [4.78, 5) is 31.6. The highest BCUT2D eigenvalue weighted by atomic mass is 16.5. The van der Waals surface area contributed by atoms with Crippen LogP contribution in [0.3, 0.4) is 0 Å². The van der Waals surface area contributed by atoms with Gasteiger partial charge in [0, 0.05) is 23.6 Å². The molecule has 0 fully saturated rings. The number of aromatic nitrogens is 2. The zero-order chi connectivity index (χ0) is 20.5. The summed E-state index contributed by atoms with van der Waals surface area (Å²) in [5.74, 6) is 0.722. The van der Waals surface area contributed by atoms with Gasteiger partial charge >= 0.3 is 5.97 Å². The van der Waals surface area contributed by atoms with Crippen LogP contribution in [0.1, 0.15) is 18.7 Å². The van der Waals surface area contributed by atoms with Crippen molar-refractivity contribution < 1.29 is 13.9 Å². The van der Waals surface area contributed by atoms with Crippen molar-refractivity contribution in [2.24, 2.45) is 0 Å². The molecule has 1 N–H and O–H groups in total. The molecule has 0 bridgehead atoms. The second-order valence-corrected chi connectivity index (χ2v) is 7.11. The van der Waals surface area contributed by atoms with E-state index in [1.165, 1.54) is 0 Å². The average molecular weight is 398 g/mol. The Bertz CT molecular complexity index is 1450. The molecule has 148 valence electrons. The Morgan fingerprint density at radius 3 is 2.60 bits per heavy atom. The summed E-state index contributed by atoms with van der Waals surface area (Å²) in [6.07, 6.45) is 1.23. The van der Waals surface area contributed by atoms with E-state index in [0.717, 1.165) is 21.9 Å². The van der Waals surface area contributed by atoms with Gasteiger partial charge in [0.05, 0.1) is 10.9 Å². The second kappa shape index (κ2) is 7.48. The number of furan rings is 1. The fraction of sp³-hybridized carbons (Fsp3) is 0.125. The van der Waals surface area contributed by atoms with Gasteiger partial charge in [-0.2, -0.15) is 0 Å². The van der Waals surface area contributed by atoms with E-state index >= 15 is 0 Å². The van der Waals surface area contributed by atoms with Crippen molar-refractivity contribution in [1.82, 2.24) is 9.97 Å². The molecule has 0 radical (unpaired) electrons. The lowest BCUT2D eigenvalue weighted by Crippen LogP contribution is -2.13. The molecule has 0 aliphatic carbocycles. The van der Waals surface area contributed by atoms with Crippen LogP contribution in [0, 0.1) is 0 Å². The average Bonchev–Trinajstić information content (AvgIpc) is 3.12. The number of esters is 1. The molecule has 30 heavy (non-hydrogen) atoms. The normalized spacial score (nSPS) is 11.3. The lowest BCUT2D eigenvalue weighted by atomic mass is 10.1. The number of rotatable bonds is 5. The van der Waals surface area contributed by atoms with Gasteiger partial charge in [0.2, 0.25) is 0 Å². The Kier molecular flexibility index (Phi) is 4.52. The summed E-state index contributed by atoms with van der Waals surface area (Å²) in [6, 6.07) is 20.3. The number of carbonyl (C=O) groups excluding carboxylic acids is 1. The Labute approximate surface area is 171 Å². The molecule has 0 saturated heterocycles. The van der Waals surface area contributed by atoms with Crippen LogP contribution in [-0.4, -0.2) is 15.9 Å². The van der Waals surface area contributed by atoms with Crippen molar-refractivity contribution in [3.8, 4) is 5.75 Å². The Balaban J connectivity index is 1.25. The number of aromatic amines is 1. The van der Waals surface area contributed by atoms with Crippen LogP contribution in [0.25, 0.3) is 32.8 Å². The maximum atomic E-state index is 12.3. The van der Waals surface area contributed by atoms with Gasteiger partial charge in [0.15, 0.2) is 0 Å². The first-order valence-corrected chi connectivity index (χ1v) is 9.77. The van der Waals surface area contributed by atoms with E-state index in [1.54, 1.807) is 24.3 Å². The molecule has 5 rings (SSSR count). The highest BCUT2D eigenvalue weighted by Crippen LogP contribution is 2.31. The van der Waals surface area contributed by atoms with Crippen LogP contribution < -0.4 is 10.3 Å². The van der Waals surface area contributed by atoms with E-state index in [4.69, 9.17) is 9.15 Å². The number of hydrogen-bond acceptors (Lipinski definition) is 5. The first kappa shape index (κ1) is 18.1. The number of nitrogens with one attached hydrogen (secondary N) is 1. The van der Waals surface area contributed by atoms with Crippen molar-refractivity contribution in [2.45, 2.75) is 19.3 Å². The maximum absolute atomic E-state index is 12.3. The molecule has 3 aromatic carbocycles. The van der Waals surface area contributed by atoms with Gasteiger partial charge in [-0.25, -0.2) is 4.98 Å². The molecule has 0 aliphatic heterocycles. The number of ether oxygens (including phenoxy) is 1. The highest BCUT2D eigenvalue weighted by Gasteiger charge is 2.11. The van der Waals surface area contributed by atoms with E-state index in [0.29, 0.717) is 35.3 Å². The van der Waals surface area contributed by atoms with Crippen LogP contribution in [-0.2, 0) is 11.2 Å². The molecule has 6 nitrogen and oxygen atoms in total. The van der Waals surface area contributed by atoms with Crippen molar-refractivity contribution >= 4 is 38.8 Å². The fourth-order valence-electron chi connectivity index (χ4n) is 3.60. The monoisotopic (exact) mass is 398 g/mol. The predicted octanol–water partition coefficient (Wildman–Crippen LogP) is 4.75. The molecule has 0 unspecified atom stereocenters. The molecule has 0 amide bonds. The molecular formula is C24H18N2O4. The number of carbonyl (C=O) groups is 1. The molecule has 0 saturated carbocycles. The number of H-pyrrole nitrogens is 1. The third-order valence-electron chi connectivity index (χ3n) is 5.04. The fourth-order valence-corrected chi connectivity index (χ4v) is 3.60. The Morgan fingerprint density at radius 1 is 0.933 bits per heavy atom. The minimum atomic E-state index is -0.328. The lowest BCUT2D eigenvalue weighted by molar-refractivity contribution is -0.134. The highest BCUT2D eigenvalue weighted by molar-refractivity contribution is 6.05. The number of nitrogens with zero attached hydrogens (tertiary/aromatic N) is 1. The Hall–Kier alpha value is -3.93. The Morgan fingerprint density at radius 2 is 1.70 bits per heavy atom. The molecular weight excluding hydrogens is 380 g/mol. The van der Waals surface area contributed by atoms with E-state index in [9.17, 15) is 9.59 Å². The van der Waals surface area contributed by atoms with Gasteiger partial charge in [-0.15, -0.1) is 0 Å².